The number of nitrogens with zero attached hydrogens (tertiary/aromatic N) is 1. The zero-order chi connectivity index (χ0) is 12.3. The van der Waals surface area contributed by atoms with E-state index in [0.717, 1.165) is 37.3 Å². The molecule has 0 saturated carbocycles. The molecule has 0 aromatic heterocycles. The Kier molecular flexibility index (Phi) is 3.76. The summed E-state index contributed by atoms with van der Waals surface area (Å²) in [5.41, 5.74) is 1.98. The van der Waals surface area contributed by atoms with Crippen molar-refractivity contribution in [1.29, 1.82) is 0 Å². The third-order valence-electron chi connectivity index (χ3n) is 3.11. The molecular weight excluding hydrogens is 216 g/mol. The summed E-state index contributed by atoms with van der Waals surface area (Å²) < 4.78 is 0. The highest BCUT2D eigenvalue weighted by atomic mass is 16.4. The van der Waals surface area contributed by atoms with Gasteiger partial charge in [0.15, 0.2) is 0 Å². The van der Waals surface area contributed by atoms with E-state index in [2.05, 4.69) is 5.32 Å². The van der Waals surface area contributed by atoms with E-state index in [1.165, 1.54) is 0 Å². The van der Waals surface area contributed by atoms with E-state index in [1.807, 2.05) is 36.1 Å². The zero-order valence-corrected chi connectivity index (χ0v) is 10.0. The highest BCUT2D eigenvalue weighted by Crippen LogP contribution is 2.22. The van der Waals surface area contributed by atoms with Crippen molar-refractivity contribution < 1.29 is 9.90 Å². The van der Waals surface area contributed by atoms with Crippen LogP contribution in [0.1, 0.15) is 17.2 Å². The molecule has 2 N–H and O–H groups in total. The number of carbonyl (C=O) groups is 1. The van der Waals surface area contributed by atoms with Crippen LogP contribution in [0.4, 0.5) is 0 Å². The van der Waals surface area contributed by atoms with Gasteiger partial charge < -0.3 is 10.4 Å². The molecule has 1 saturated heterocycles. The van der Waals surface area contributed by atoms with Gasteiger partial charge in [0.25, 0.3) is 0 Å². The number of benzene rings is 1. The van der Waals surface area contributed by atoms with Crippen LogP contribution in [-0.4, -0.2) is 42.2 Å². The number of rotatable bonds is 3. The second-order valence-corrected chi connectivity index (χ2v) is 4.44. The van der Waals surface area contributed by atoms with E-state index in [0.29, 0.717) is 0 Å². The molecule has 0 bridgehead atoms. The number of carboxylic acid groups (broad SMARTS) is 1. The summed E-state index contributed by atoms with van der Waals surface area (Å²) in [5.74, 6) is -0.766. The fourth-order valence-electron chi connectivity index (χ4n) is 2.29. The largest absolute Gasteiger partial charge is 0.480 e. The first-order chi connectivity index (χ1) is 8.18. The normalized spacial score (nSPS) is 18.9. The SMILES string of the molecule is Cc1cccc([C@@H](C(=O)O)N2CCNCC2)c1. The maximum Gasteiger partial charge on any atom is 0.325 e. The molecule has 17 heavy (non-hydrogen) atoms. The van der Waals surface area contributed by atoms with Gasteiger partial charge >= 0.3 is 5.97 Å². The predicted molar refractivity (Wildman–Crippen MR) is 66.0 cm³/mol. The fourth-order valence-corrected chi connectivity index (χ4v) is 2.29. The average molecular weight is 234 g/mol. The molecule has 0 aliphatic carbocycles. The summed E-state index contributed by atoms with van der Waals surface area (Å²) in [5, 5.41) is 12.6. The number of hydrogen-bond donors (Lipinski definition) is 2. The van der Waals surface area contributed by atoms with E-state index in [9.17, 15) is 9.90 Å². The molecule has 1 heterocycles. The van der Waals surface area contributed by atoms with Crippen LogP contribution in [-0.2, 0) is 4.79 Å². The van der Waals surface area contributed by atoms with E-state index in [-0.39, 0.29) is 0 Å². The van der Waals surface area contributed by atoms with Crippen LogP contribution in [0.3, 0.4) is 0 Å². The molecule has 0 radical (unpaired) electrons. The maximum absolute atomic E-state index is 11.4. The van der Waals surface area contributed by atoms with Gasteiger partial charge in [-0.3, -0.25) is 9.69 Å². The van der Waals surface area contributed by atoms with E-state index in [1.54, 1.807) is 0 Å². The summed E-state index contributed by atoms with van der Waals surface area (Å²) in [6, 6.07) is 7.24. The van der Waals surface area contributed by atoms with Gasteiger partial charge in [0.1, 0.15) is 6.04 Å². The van der Waals surface area contributed by atoms with Crippen molar-refractivity contribution in [2.45, 2.75) is 13.0 Å². The molecule has 0 spiro atoms. The summed E-state index contributed by atoms with van der Waals surface area (Å²) in [7, 11) is 0. The first-order valence-electron chi connectivity index (χ1n) is 5.92. The van der Waals surface area contributed by atoms with Crippen molar-refractivity contribution in [2.24, 2.45) is 0 Å². The van der Waals surface area contributed by atoms with Gasteiger partial charge in [0.2, 0.25) is 0 Å². The van der Waals surface area contributed by atoms with Gasteiger partial charge in [-0.2, -0.15) is 0 Å². The van der Waals surface area contributed by atoms with Gasteiger partial charge in [-0.25, -0.2) is 0 Å². The Balaban J connectivity index is 2.25. The number of piperazine rings is 1. The Hall–Kier alpha value is -1.39. The fraction of sp³-hybridized carbons (Fsp3) is 0.462. The van der Waals surface area contributed by atoms with Crippen LogP contribution in [0.25, 0.3) is 0 Å². The van der Waals surface area contributed by atoms with Gasteiger partial charge in [0.05, 0.1) is 0 Å². The van der Waals surface area contributed by atoms with Crippen LogP contribution in [0.15, 0.2) is 24.3 Å². The maximum atomic E-state index is 11.4. The Morgan fingerprint density at radius 3 is 2.71 bits per heavy atom. The molecule has 4 heteroatoms. The molecule has 0 unspecified atom stereocenters. The minimum Gasteiger partial charge on any atom is -0.480 e. The molecule has 1 aliphatic heterocycles. The first-order valence-corrected chi connectivity index (χ1v) is 5.92. The minimum atomic E-state index is -0.766. The molecule has 4 nitrogen and oxygen atoms in total. The average Bonchev–Trinajstić information content (AvgIpc) is 2.30. The van der Waals surface area contributed by atoms with Gasteiger partial charge in [-0.05, 0) is 12.5 Å². The molecule has 0 amide bonds. The van der Waals surface area contributed by atoms with Crippen LogP contribution in [0.2, 0.25) is 0 Å². The molecule has 1 aromatic rings. The first kappa shape index (κ1) is 12.1. The molecule has 1 aromatic carbocycles. The van der Waals surface area contributed by atoms with Gasteiger partial charge in [0, 0.05) is 26.2 Å². The predicted octanol–water partition coefficient (Wildman–Crippen LogP) is 1.03. The van der Waals surface area contributed by atoms with Crippen molar-refractivity contribution in [1.82, 2.24) is 10.2 Å². The number of hydrogen-bond acceptors (Lipinski definition) is 3. The molecule has 1 atom stereocenters. The summed E-state index contributed by atoms with van der Waals surface area (Å²) in [4.78, 5) is 13.5. The molecular formula is C13H18N2O2. The summed E-state index contributed by atoms with van der Waals surface area (Å²) in [6.07, 6.45) is 0. The number of carboxylic acids is 1. The standard InChI is InChI=1S/C13H18N2O2/c1-10-3-2-4-11(9-10)12(13(16)17)15-7-5-14-6-8-15/h2-4,9,12,14H,5-8H2,1H3,(H,16,17)/t12-/m0/s1. The Labute approximate surface area is 101 Å². The zero-order valence-electron chi connectivity index (χ0n) is 10.0. The second kappa shape index (κ2) is 5.29. The van der Waals surface area contributed by atoms with Crippen LogP contribution < -0.4 is 5.32 Å². The number of aryl methyl sites for hydroxylation is 1. The Bertz CT molecular complexity index is 400. The van der Waals surface area contributed by atoms with Gasteiger partial charge in [-0.15, -0.1) is 0 Å². The monoisotopic (exact) mass is 234 g/mol. The smallest absolute Gasteiger partial charge is 0.325 e. The van der Waals surface area contributed by atoms with E-state index < -0.39 is 12.0 Å². The Morgan fingerprint density at radius 2 is 2.12 bits per heavy atom. The van der Waals surface area contributed by atoms with Crippen molar-refractivity contribution in [3.63, 3.8) is 0 Å². The quantitative estimate of drug-likeness (QED) is 0.820. The molecule has 1 aliphatic rings. The lowest BCUT2D eigenvalue weighted by molar-refractivity contribution is -0.143. The highest BCUT2D eigenvalue weighted by molar-refractivity contribution is 5.75. The lowest BCUT2D eigenvalue weighted by Crippen LogP contribution is -2.47. The summed E-state index contributed by atoms with van der Waals surface area (Å²) >= 11 is 0. The van der Waals surface area contributed by atoms with Crippen molar-refractivity contribution in [3.05, 3.63) is 35.4 Å². The highest BCUT2D eigenvalue weighted by Gasteiger charge is 2.28. The van der Waals surface area contributed by atoms with Crippen molar-refractivity contribution >= 4 is 5.97 Å². The number of nitrogens with one attached hydrogen (secondary N) is 1. The van der Waals surface area contributed by atoms with Crippen LogP contribution in [0.5, 0.6) is 0 Å². The lowest BCUT2D eigenvalue weighted by atomic mass is 10.0. The number of aliphatic carboxylic acids is 1. The molecule has 1 fully saturated rings. The topological polar surface area (TPSA) is 52.6 Å². The Morgan fingerprint density at radius 1 is 1.41 bits per heavy atom. The third-order valence-corrected chi connectivity index (χ3v) is 3.11. The third kappa shape index (κ3) is 2.84. The molecule has 2 rings (SSSR count). The van der Waals surface area contributed by atoms with Crippen LogP contribution >= 0.6 is 0 Å². The van der Waals surface area contributed by atoms with E-state index >= 15 is 0 Å². The van der Waals surface area contributed by atoms with Crippen molar-refractivity contribution in [2.75, 3.05) is 26.2 Å². The molecule has 92 valence electrons. The minimum absolute atomic E-state index is 0.517. The van der Waals surface area contributed by atoms with Gasteiger partial charge in [-0.1, -0.05) is 29.8 Å². The second-order valence-electron chi connectivity index (χ2n) is 4.44. The van der Waals surface area contributed by atoms with Crippen LogP contribution in [0, 0.1) is 6.92 Å². The van der Waals surface area contributed by atoms with Crippen molar-refractivity contribution in [3.8, 4) is 0 Å². The summed E-state index contributed by atoms with van der Waals surface area (Å²) in [6.45, 7) is 5.27. The van der Waals surface area contributed by atoms with E-state index in [4.69, 9.17) is 0 Å². The lowest BCUT2D eigenvalue weighted by Gasteiger charge is -2.32.